The third-order valence-corrected chi connectivity index (χ3v) is 10.3. The number of nitrogens with zero attached hydrogens (tertiary/aromatic N) is 5. The normalized spacial score (nSPS) is 15.5. The first-order valence-electron chi connectivity index (χ1n) is 17.5. The molecule has 6 rings (SSSR count). The fourth-order valence-corrected chi connectivity index (χ4v) is 7.70. The molecule has 0 spiro atoms. The van der Waals surface area contributed by atoms with E-state index in [4.69, 9.17) is 11.6 Å². The Bertz CT molecular complexity index is 2600. The third kappa shape index (κ3) is 8.93. The smallest absolute Gasteiger partial charge is 0.289 e. The predicted octanol–water partition coefficient (Wildman–Crippen LogP) is 7.36. The zero-order chi connectivity index (χ0) is 42.5. The molecule has 0 aliphatic heterocycles. The van der Waals surface area contributed by atoms with E-state index in [2.05, 4.69) is 37.1 Å². The topological polar surface area (TPSA) is 144 Å². The van der Waals surface area contributed by atoms with Gasteiger partial charge in [0.2, 0.25) is 15.9 Å². The van der Waals surface area contributed by atoms with Crippen LogP contribution < -0.4 is 10.0 Å². The number of anilines is 1. The fraction of sp³-hybridized carbons (Fsp3) is 0.368. The first kappa shape index (κ1) is 42.4. The molecule has 3 N–H and O–H groups in total. The van der Waals surface area contributed by atoms with Gasteiger partial charge in [-0.2, -0.15) is 19.0 Å². The average Bonchev–Trinajstić information content (AvgIpc) is 3.61. The summed E-state index contributed by atoms with van der Waals surface area (Å²) in [7, 11) is -2.34. The molecule has 0 unspecified atom stereocenters. The van der Waals surface area contributed by atoms with Crippen LogP contribution in [0.25, 0.3) is 22.0 Å². The lowest BCUT2D eigenvalue weighted by Crippen LogP contribution is -2.50. The molecular weight excluding hydrogens is 819 g/mol. The molecule has 3 heterocycles. The number of pyridine rings is 1. The Morgan fingerprint density at radius 1 is 1.09 bits per heavy atom. The monoisotopic (exact) mass is 853 g/mol. The number of aryl methyl sites for hydroxylation is 1. The maximum absolute atomic E-state index is 15.2. The molecule has 3 aromatic heterocycles. The van der Waals surface area contributed by atoms with Crippen molar-refractivity contribution in [1.82, 2.24) is 29.9 Å². The molecule has 1 fully saturated rings. The fourth-order valence-electron chi connectivity index (χ4n) is 6.97. The van der Waals surface area contributed by atoms with Crippen molar-refractivity contribution in [1.29, 1.82) is 0 Å². The molecule has 5 aromatic rings. The Labute approximate surface area is 332 Å². The van der Waals surface area contributed by atoms with E-state index in [-0.39, 0.29) is 45.1 Å². The summed E-state index contributed by atoms with van der Waals surface area (Å²) < 4.78 is 129. The van der Waals surface area contributed by atoms with Crippen LogP contribution in [0.4, 0.5) is 36.6 Å². The van der Waals surface area contributed by atoms with Gasteiger partial charge in [0.15, 0.2) is 5.82 Å². The summed E-state index contributed by atoms with van der Waals surface area (Å²) >= 11 is 6.57. The van der Waals surface area contributed by atoms with Gasteiger partial charge in [0.05, 0.1) is 46.8 Å². The van der Waals surface area contributed by atoms with Gasteiger partial charge >= 0.3 is 0 Å². The van der Waals surface area contributed by atoms with Gasteiger partial charge in [-0.25, -0.2) is 35.4 Å². The molecule has 1 aliphatic rings. The molecule has 20 heteroatoms. The van der Waals surface area contributed by atoms with Crippen molar-refractivity contribution in [2.75, 3.05) is 11.0 Å². The molecule has 2 aromatic carbocycles. The summed E-state index contributed by atoms with van der Waals surface area (Å²) in [5.41, 5.74) is -3.22. The number of hydrogen-bond acceptors (Lipinski definition) is 7. The second kappa shape index (κ2) is 15.5. The van der Waals surface area contributed by atoms with E-state index in [1.54, 1.807) is 6.07 Å². The first-order chi connectivity index (χ1) is 27.0. The number of carbonyl (C=O) groups excluding carboxylic acids is 1. The van der Waals surface area contributed by atoms with Crippen molar-refractivity contribution in [2.24, 2.45) is 7.05 Å². The Balaban J connectivity index is 1.53. The number of alkyl halides is 6. The largest absolute Gasteiger partial charge is 0.377 e. The third-order valence-electron chi connectivity index (χ3n) is 9.47. The highest BCUT2D eigenvalue weighted by molar-refractivity contribution is 7.92. The van der Waals surface area contributed by atoms with Crippen LogP contribution in [-0.4, -0.2) is 61.8 Å². The summed E-state index contributed by atoms with van der Waals surface area (Å²) in [6.07, 6.45) is -5.14. The van der Waals surface area contributed by atoms with Crippen molar-refractivity contribution in [3.05, 3.63) is 93.3 Å². The molecular formula is C38H35ClF7N7O4S. The first-order valence-corrected chi connectivity index (χ1v) is 19.8. The molecule has 1 amide bonds. The summed E-state index contributed by atoms with van der Waals surface area (Å²) in [6.45, 7) is 1.24. The summed E-state index contributed by atoms with van der Waals surface area (Å²) in [4.78, 5) is 18.6. The Morgan fingerprint density at radius 3 is 2.40 bits per heavy atom. The molecule has 1 saturated carbocycles. The second-order valence-electron chi connectivity index (χ2n) is 14.1. The van der Waals surface area contributed by atoms with Gasteiger partial charge in [-0.1, -0.05) is 42.6 Å². The Hall–Kier alpha value is -5.19. The Kier molecular flexibility index (Phi) is 11.4. The number of nitrogens with one attached hydrogen (secondary N) is 2. The number of fused-ring (bicyclic) bond motifs is 1. The molecule has 0 bridgehead atoms. The number of aromatic nitrogens is 5. The number of hydrogen-bond donors (Lipinski definition) is 3. The number of benzene rings is 2. The van der Waals surface area contributed by atoms with Gasteiger partial charge in [0.1, 0.15) is 35.0 Å². The molecule has 0 saturated heterocycles. The molecule has 58 heavy (non-hydrogen) atoms. The lowest BCUT2D eigenvalue weighted by Gasteiger charge is -2.39. The standard InChI is InChI=1S/C38H35ClF7N7O4S/c1-5-38(45,46)33-20(2)30(34(41)42)49-53(33)17-28(54)48-27(16-21-7-6-8-22(40)15-21)31-24(10-9-23(47-31)13-14-36(55)18-37(43,44)19-36)25-11-12-26(39)29-32(25)52(3)50-35(29)51-58(4,56)57/h6-12,15,27,34,55H,5,16-19H2,1-4H3,(H,48,54)(H,50,51)/t27-/m0/s1. The highest BCUT2D eigenvalue weighted by atomic mass is 35.5. The predicted molar refractivity (Wildman–Crippen MR) is 201 cm³/mol. The molecule has 308 valence electrons. The minimum atomic E-state index is -3.85. The van der Waals surface area contributed by atoms with Crippen molar-refractivity contribution in [3.8, 4) is 23.0 Å². The van der Waals surface area contributed by atoms with Crippen LogP contribution in [0, 0.1) is 24.6 Å². The Morgan fingerprint density at radius 2 is 1.78 bits per heavy atom. The van der Waals surface area contributed by atoms with Crippen molar-refractivity contribution < 1.29 is 49.1 Å². The number of halogens is 8. The lowest BCUT2D eigenvalue weighted by molar-refractivity contribution is -0.176. The van der Waals surface area contributed by atoms with E-state index in [1.165, 1.54) is 54.2 Å². The summed E-state index contributed by atoms with van der Waals surface area (Å²) in [5, 5.41) is 21.5. The van der Waals surface area contributed by atoms with Crippen LogP contribution >= 0.6 is 11.6 Å². The van der Waals surface area contributed by atoms with Gasteiger partial charge in [-0.3, -0.25) is 18.9 Å². The van der Waals surface area contributed by atoms with E-state index < -0.39 is 94.4 Å². The molecule has 1 aliphatic carbocycles. The molecule has 0 radical (unpaired) electrons. The van der Waals surface area contributed by atoms with Gasteiger partial charge < -0.3 is 10.4 Å². The van der Waals surface area contributed by atoms with Crippen LogP contribution in [0.3, 0.4) is 0 Å². The molecule has 11 nitrogen and oxygen atoms in total. The average molecular weight is 854 g/mol. The number of sulfonamides is 1. The lowest BCUT2D eigenvalue weighted by atomic mass is 9.77. The van der Waals surface area contributed by atoms with Gasteiger partial charge in [-0.15, -0.1) is 0 Å². The quantitative estimate of drug-likeness (QED) is 0.0880. The van der Waals surface area contributed by atoms with E-state index in [0.29, 0.717) is 15.8 Å². The zero-order valence-corrected chi connectivity index (χ0v) is 32.7. The van der Waals surface area contributed by atoms with Crippen LogP contribution in [0.5, 0.6) is 0 Å². The SMILES string of the molecule is CCC(F)(F)c1c(C)c(C(F)F)nn1CC(=O)N[C@@H](Cc1cccc(F)c1)c1nc(C#CC2(O)CC(F)(F)C2)ccc1-c1ccc(Cl)c2c(NS(C)(=O)=O)nn(C)c12. The van der Waals surface area contributed by atoms with Crippen molar-refractivity contribution >= 4 is 44.3 Å². The molecule has 1 atom stereocenters. The minimum Gasteiger partial charge on any atom is -0.377 e. The second-order valence-corrected chi connectivity index (χ2v) is 16.3. The number of aliphatic hydroxyl groups is 1. The number of amides is 1. The van der Waals surface area contributed by atoms with Gasteiger partial charge in [0, 0.05) is 30.2 Å². The van der Waals surface area contributed by atoms with Gasteiger partial charge in [0.25, 0.3) is 18.3 Å². The number of rotatable bonds is 12. The zero-order valence-electron chi connectivity index (χ0n) is 31.1. The van der Waals surface area contributed by atoms with Crippen LogP contribution in [-0.2, 0) is 40.8 Å². The maximum atomic E-state index is 15.2. The van der Waals surface area contributed by atoms with Crippen molar-refractivity contribution in [3.63, 3.8) is 0 Å². The highest BCUT2D eigenvalue weighted by Crippen LogP contribution is 2.45. The van der Waals surface area contributed by atoms with Gasteiger partial charge in [-0.05, 0) is 55.2 Å². The summed E-state index contributed by atoms with van der Waals surface area (Å²) in [6, 6.07) is 9.92. The van der Waals surface area contributed by atoms with Crippen molar-refractivity contribution in [2.45, 2.75) is 76.0 Å². The van der Waals surface area contributed by atoms with E-state index in [1.807, 2.05) is 0 Å². The van der Waals surface area contributed by atoms with Crippen LogP contribution in [0.1, 0.15) is 72.6 Å². The maximum Gasteiger partial charge on any atom is 0.289 e. The number of carbonyl (C=O) groups is 1. The highest BCUT2D eigenvalue weighted by Gasteiger charge is 2.55. The van der Waals surface area contributed by atoms with Crippen LogP contribution in [0.2, 0.25) is 5.02 Å². The van der Waals surface area contributed by atoms with E-state index in [0.717, 1.165) is 20.1 Å². The van der Waals surface area contributed by atoms with Crippen LogP contribution in [0.15, 0.2) is 48.5 Å². The minimum absolute atomic E-state index is 0.00168. The van der Waals surface area contributed by atoms with E-state index in [9.17, 15) is 40.3 Å². The van der Waals surface area contributed by atoms with E-state index >= 15 is 8.78 Å². The summed E-state index contributed by atoms with van der Waals surface area (Å²) in [5.74, 6) is -3.49.